The first-order chi connectivity index (χ1) is 9.08. The van der Waals surface area contributed by atoms with Crippen molar-refractivity contribution in [1.82, 2.24) is 0 Å². The van der Waals surface area contributed by atoms with Crippen molar-refractivity contribution in [1.29, 1.82) is 0 Å². The lowest BCUT2D eigenvalue weighted by atomic mass is 10.0. The Morgan fingerprint density at radius 2 is 2.00 bits per heavy atom. The van der Waals surface area contributed by atoms with Crippen LogP contribution in [0.4, 0.5) is 5.69 Å². The number of unbranched alkanes of at least 4 members (excludes halogenated alkanes) is 2. The molecule has 0 heterocycles. The van der Waals surface area contributed by atoms with E-state index in [9.17, 15) is 0 Å². The molecule has 2 nitrogen and oxygen atoms in total. The van der Waals surface area contributed by atoms with Crippen molar-refractivity contribution < 1.29 is 0 Å². The van der Waals surface area contributed by atoms with Crippen molar-refractivity contribution in [3.63, 3.8) is 0 Å². The average Bonchev–Trinajstić information content (AvgIpc) is 2.38. The molecule has 0 saturated heterocycles. The Balaban J connectivity index is 2.80. The zero-order valence-electron chi connectivity index (χ0n) is 12.5. The molecule has 0 bridgehead atoms. The number of nitrogens with zero attached hydrogens (tertiary/aromatic N) is 1. The molecule has 1 atom stereocenters. The molecule has 1 unspecified atom stereocenters. The maximum absolute atomic E-state index is 6.11. The maximum Gasteiger partial charge on any atom is 0.0397 e. The molecular weight excluding hydrogens is 300 g/mol. The van der Waals surface area contributed by atoms with E-state index >= 15 is 0 Å². The monoisotopic (exact) mass is 326 g/mol. The average molecular weight is 327 g/mol. The van der Waals surface area contributed by atoms with Crippen LogP contribution in [0.15, 0.2) is 22.7 Å². The summed E-state index contributed by atoms with van der Waals surface area (Å²) in [5.74, 6) is 0. The van der Waals surface area contributed by atoms with Crippen LogP contribution in [0.1, 0.15) is 45.1 Å². The van der Waals surface area contributed by atoms with E-state index in [1.807, 2.05) is 0 Å². The highest BCUT2D eigenvalue weighted by molar-refractivity contribution is 9.10. The Morgan fingerprint density at radius 3 is 2.63 bits per heavy atom. The standard InChI is InChI=1S/C16H27BrN2/c1-4-6-7-10-19(3)16-9-8-14(17)11-13(16)12-15(18)5-2/h8-9,11,15H,4-7,10,12,18H2,1-3H3. The van der Waals surface area contributed by atoms with Crippen LogP contribution in [0.2, 0.25) is 0 Å². The summed E-state index contributed by atoms with van der Waals surface area (Å²) in [4.78, 5) is 2.36. The Morgan fingerprint density at radius 1 is 1.26 bits per heavy atom. The van der Waals surface area contributed by atoms with Gasteiger partial charge < -0.3 is 10.6 Å². The molecule has 1 aromatic rings. The van der Waals surface area contributed by atoms with Gasteiger partial charge in [-0.1, -0.05) is 42.6 Å². The molecule has 1 rings (SSSR count). The van der Waals surface area contributed by atoms with E-state index in [1.165, 1.54) is 30.5 Å². The van der Waals surface area contributed by atoms with Crippen molar-refractivity contribution >= 4 is 21.6 Å². The molecule has 3 heteroatoms. The molecule has 0 aliphatic rings. The number of hydrogen-bond acceptors (Lipinski definition) is 2. The molecular formula is C16H27BrN2. The van der Waals surface area contributed by atoms with E-state index in [2.05, 4.69) is 59.9 Å². The van der Waals surface area contributed by atoms with Gasteiger partial charge in [0.25, 0.3) is 0 Å². The highest BCUT2D eigenvalue weighted by Crippen LogP contribution is 2.25. The maximum atomic E-state index is 6.11. The number of nitrogens with two attached hydrogens (primary N) is 1. The van der Waals surface area contributed by atoms with E-state index in [4.69, 9.17) is 5.73 Å². The fourth-order valence-electron chi connectivity index (χ4n) is 2.24. The SMILES string of the molecule is CCCCCN(C)c1ccc(Br)cc1CC(N)CC. The largest absolute Gasteiger partial charge is 0.374 e. The third-order valence-electron chi connectivity index (χ3n) is 3.56. The second-order valence-electron chi connectivity index (χ2n) is 5.27. The fourth-order valence-corrected chi connectivity index (χ4v) is 2.64. The van der Waals surface area contributed by atoms with Gasteiger partial charge in [-0.2, -0.15) is 0 Å². The Labute approximate surface area is 126 Å². The van der Waals surface area contributed by atoms with E-state index < -0.39 is 0 Å². The summed E-state index contributed by atoms with van der Waals surface area (Å²) in [6.07, 6.45) is 5.78. The molecule has 1 aromatic carbocycles. The molecule has 19 heavy (non-hydrogen) atoms. The first kappa shape index (κ1) is 16.5. The fraction of sp³-hybridized carbons (Fsp3) is 0.625. The number of benzene rings is 1. The first-order valence-corrected chi connectivity index (χ1v) is 8.12. The zero-order valence-corrected chi connectivity index (χ0v) is 14.0. The smallest absolute Gasteiger partial charge is 0.0397 e. The lowest BCUT2D eigenvalue weighted by Crippen LogP contribution is -2.25. The minimum Gasteiger partial charge on any atom is -0.374 e. The molecule has 0 fully saturated rings. The van der Waals surface area contributed by atoms with Gasteiger partial charge >= 0.3 is 0 Å². The van der Waals surface area contributed by atoms with Crippen molar-refractivity contribution in [3.8, 4) is 0 Å². The topological polar surface area (TPSA) is 29.3 Å². The summed E-state index contributed by atoms with van der Waals surface area (Å²) in [6.45, 7) is 5.50. The summed E-state index contributed by atoms with van der Waals surface area (Å²) in [6, 6.07) is 6.78. The highest BCUT2D eigenvalue weighted by Gasteiger charge is 2.10. The van der Waals surface area contributed by atoms with Crippen LogP contribution < -0.4 is 10.6 Å². The molecule has 0 saturated carbocycles. The lowest BCUT2D eigenvalue weighted by molar-refractivity contribution is 0.643. The predicted molar refractivity (Wildman–Crippen MR) is 88.9 cm³/mol. The molecule has 0 amide bonds. The van der Waals surface area contributed by atoms with E-state index in [1.54, 1.807) is 0 Å². The first-order valence-electron chi connectivity index (χ1n) is 7.33. The van der Waals surface area contributed by atoms with Crippen LogP contribution in [-0.2, 0) is 6.42 Å². The van der Waals surface area contributed by atoms with Gasteiger partial charge in [-0.25, -0.2) is 0 Å². The third kappa shape index (κ3) is 5.53. The molecule has 0 aliphatic heterocycles. The minimum absolute atomic E-state index is 0.247. The molecule has 108 valence electrons. The van der Waals surface area contributed by atoms with Crippen LogP contribution in [0.5, 0.6) is 0 Å². The van der Waals surface area contributed by atoms with Crippen LogP contribution >= 0.6 is 15.9 Å². The third-order valence-corrected chi connectivity index (χ3v) is 4.05. The second-order valence-corrected chi connectivity index (χ2v) is 6.19. The normalized spacial score (nSPS) is 12.5. The van der Waals surface area contributed by atoms with Crippen molar-refractivity contribution in [3.05, 3.63) is 28.2 Å². The molecule has 0 spiro atoms. The quantitative estimate of drug-likeness (QED) is 0.719. The number of hydrogen-bond donors (Lipinski definition) is 1. The highest BCUT2D eigenvalue weighted by atomic mass is 79.9. The zero-order chi connectivity index (χ0) is 14.3. The van der Waals surface area contributed by atoms with Gasteiger partial charge in [0.05, 0.1) is 0 Å². The molecule has 0 aliphatic carbocycles. The van der Waals surface area contributed by atoms with Crippen molar-refractivity contribution in [2.24, 2.45) is 5.73 Å². The van der Waals surface area contributed by atoms with Crippen molar-refractivity contribution in [2.45, 2.75) is 52.0 Å². The summed E-state index contributed by atoms with van der Waals surface area (Å²) in [5.41, 5.74) is 8.78. The summed E-state index contributed by atoms with van der Waals surface area (Å²) in [5, 5.41) is 0. The van der Waals surface area contributed by atoms with E-state index in [0.29, 0.717) is 0 Å². The van der Waals surface area contributed by atoms with Gasteiger partial charge in [0.2, 0.25) is 0 Å². The Kier molecular flexibility index (Phi) is 7.47. The summed E-state index contributed by atoms with van der Waals surface area (Å²) < 4.78 is 1.14. The van der Waals surface area contributed by atoms with Gasteiger partial charge in [-0.3, -0.25) is 0 Å². The minimum atomic E-state index is 0.247. The van der Waals surface area contributed by atoms with Gasteiger partial charge in [0.1, 0.15) is 0 Å². The van der Waals surface area contributed by atoms with Crippen LogP contribution in [-0.4, -0.2) is 19.6 Å². The van der Waals surface area contributed by atoms with E-state index in [0.717, 1.165) is 23.9 Å². The molecule has 0 radical (unpaired) electrons. The van der Waals surface area contributed by atoms with Gasteiger partial charge in [0.15, 0.2) is 0 Å². The second kappa shape index (κ2) is 8.60. The van der Waals surface area contributed by atoms with Gasteiger partial charge in [-0.05, 0) is 43.0 Å². The number of halogens is 1. The predicted octanol–water partition coefficient (Wildman–Crippen LogP) is 4.36. The van der Waals surface area contributed by atoms with Crippen molar-refractivity contribution in [2.75, 3.05) is 18.5 Å². The molecule has 2 N–H and O–H groups in total. The van der Waals surface area contributed by atoms with Gasteiger partial charge in [-0.15, -0.1) is 0 Å². The van der Waals surface area contributed by atoms with E-state index in [-0.39, 0.29) is 6.04 Å². The van der Waals surface area contributed by atoms with Crippen LogP contribution in [0, 0.1) is 0 Å². The lowest BCUT2D eigenvalue weighted by Gasteiger charge is -2.24. The van der Waals surface area contributed by atoms with Crippen LogP contribution in [0.3, 0.4) is 0 Å². The summed E-state index contributed by atoms with van der Waals surface area (Å²) in [7, 11) is 2.18. The number of anilines is 1. The summed E-state index contributed by atoms with van der Waals surface area (Å²) >= 11 is 3.56. The van der Waals surface area contributed by atoms with Gasteiger partial charge in [0, 0.05) is 29.8 Å². The van der Waals surface area contributed by atoms with Crippen LogP contribution in [0.25, 0.3) is 0 Å². The molecule has 0 aromatic heterocycles. The Bertz CT molecular complexity index is 379. The Hall–Kier alpha value is -0.540. The number of rotatable bonds is 8.